The van der Waals surface area contributed by atoms with Crippen LogP contribution in [0.4, 0.5) is 5.69 Å². The van der Waals surface area contributed by atoms with Gasteiger partial charge in [0.05, 0.1) is 5.69 Å². The summed E-state index contributed by atoms with van der Waals surface area (Å²) in [5.41, 5.74) is 0.682. The summed E-state index contributed by atoms with van der Waals surface area (Å²) in [5, 5.41) is 12.2. The molecular formula is C15H12INO4. The molecule has 108 valence electrons. The summed E-state index contributed by atoms with van der Waals surface area (Å²) in [6, 6.07) is 13.3. The van der Waals surface area contributed by atoms with Gasteiger partial charge >= 0.3 is 5.97 Å². The number of phenols is 1. The molecule has 0 aliphatic heterocycles. The molecule has 2 N–H and O–H groups in total. The first-order valence-corrected chi connectivity index (χ1v) is 7.15. The molecule has 5 nitrogen and oxygen atoms in total. The molecule has 0 unspecified atom stereocenters. The third-order valence-electron chi connectivity index (χ3n) is 2.61. The standard InChI is InChI=1S/C15H12INO4/c16-11-6-2-3-7-12(11)17-14(19)9-21-15(20)10-5-1-4-8-13(10)18/h1-8,18H,9H2,(H,17,19). The Hall–Kier alpha value is -2.09. The Labute approximate surface area is 135 Å². The molecule has 2 aromatic carbocycles. The van der Waals surface area contributed by atoms with Gasteiger partial charge in [-0.3, -0.25) is 4.79 Å². The fourth-order valence-corrected chi connectivity index (χ4v) is 2.13. The molecule has 0 atom stereocenters. The van der Waals surface area contributed by atoms with Crippen LogP contribution in [0.1, 0.15) is 10.4 Å². The van der Waals surface area contributed by atoms with Gasteiger partial charge < -0.3 is 15.2 Å². The number of anilines is 1. The third-order valence-corrected chi connectivity index (χ3v) is 3.55. The van der Waals surface area contributed by atoms with Gasteiger partial charge in [-0.1, -0.05) is 24.3 Å². The van der Waals surface area contributed by atoms with E-state index >= 15 is 0 Å². The highest BCUT2D eigenvalue weighted by Gasteiger charge is 2.14. The van der Waals surface area contributed by atoms with E-state index in [4.69, 9.17) is 4.74 Å². The van der Waals surface area contributed by atoms with Gasteiger partial charge in [-0.2, -0.15) is 0 Å². The number of amides is 1. The van der Waals surface area contributed by atoms with Crippen molar-refractivity contribution >= 4 is 40.2 Å². The normalized spacial score (nSPS) is 9.95. The summed E-state index contributed by atoms with van der Waals surface area (Å²) in [6.07, 6.45) is 0. The van der Waals surface area contributed by atoms with Crippen molar-refractivity contribution in [3.63, 3.8) is 0 Å². The lowest BCUT2D eigenvalue weighted by atomic mass is 10.2. The molecule has 0 spiro atoms. The molecule has 0 bridgehead atoms. The summed E-state index contributed by atoms with van der Waals surface area (Å²) in [4.78, 5) is 23.5. The van der Waals surface area contributed by atoms with Crippen molar-refractivity contribution < 1.29 is 19.4 Å². The van der Waals surface area contributed by atoms with Gasteiger partial charge in [-0.25, -0.2) is 4.79 Å². The van der Waals surface area contributed by atoms with E-state index in [0.29, 0.717) is 5.69 Å². The molecule has 0 saturated heterocycles. The lowest BCUT2D eigenvalue weighted by Gasteiger charge is -2.08. The highest BCUT2D eigenvalue weighted by Crippen LogP contribution is 2.18. The molecule has 0 saturated carbocycles. The zero-order valence-corrected chi connectivity index (χ0v) is 13.0. The predicted molar refractivity (Wildman–Crippen MR) is 86.2 cm³/mol. The topological polar surface area (TPSA) is 75.6 Å². The molecule has 2 aromatic rings. The Morgan fingerprint density at radius 3 is 2.48 bits per heavy atom. The first kappa shape index (κ1) is 15.3. The average molecular weight is 397 g/mol. The summed E-state index contributed by atoms with van der Waals surface area (Å²) < 4.78 is 5.75. The molecule has 0 aliphatic carbocycles. The summed E-state index contributed by atoms with van der Waals surface area (Å²) in [7, 11) is 0. The van der Waals surface area contributed by atoms with E-state index in [1.54, 1.807) is 24.3 Å². The Morgan fingerprint density at radius 1 is 1.10 bits per heavy atom. The van der Waals surface area contributed by atoms with E-state index in [1.807, 2.05) is 12.1 Å². The fraction of sp³-hybridized carbons (Fsp3) is 0.0667. The molecule has 0 fully saturated rings. The molecule has 21 heavy (non-hydrogen) atoms. The van der Waals surface area contributed by atoms with Crippen molar-refractivity contribution in [2.45, 2.75) is 0 Å². The van der Waals surface area contributed by atoms with Crippen molar-refractivity contribution in [1.82, 2.24) is 0 Å². The number of halogens is 1. The SMILES string of the molecule is O=C(COC(=O)c1ccccc1O)Nc1ccccc1I. The van der Waals surface area contributed by atoms with Crippen LogP contribution in [0.3, 0.4) is 0 Å². The Bertz CT molecular complexity index is 672. The number of ether oxygens (including phenoxy) is 1. The minimum absolute atomic E-state index is 0.0274. The van der Waals surface area contributed by atoms with Crippen LogP contribution in [0, 0.1) is 3.57 Å². The number of aromatic hydroxyl groups is 1. The van der Waals surface area contributed by atoms with Crippen molar-refractivity contribution in [2.24, 2.45) is 0 Å². The molecule has 2 rings (SSSR count). The number of carbonyl (C=O) groups is 2. The average Bonchev–Trinajstić information content (AvgIpc) is 2.48. The Morgan fingerprint density at radius 2 is 1.76 bits per heavy atom. The maximum atomic E-state index is 11.7. The minimum Gasteiger partial charge on any atom is -0.507 e. The Balaban J connectivity index is 1.91. The highest BCUT2D eigenvalue weighted by atomic mass is 127. The van der Waals surface area contributed by atoms with Crippen LogP contribution in [-0.2, 0) is 9.53 Å². The first-order chi connectivity index (χ1) is 10.1. The molecule has 6 heteroatoms. The van der Waals surface area contributed by atoms with Crippen molar-refractivity contribution in [3.05, 3.63) is 57.7 Å². The summed E-state index contributed by atoms with van der Waals surface area (Å²) in [6.45, 7) is -0.419. The van der Waals surface area contributed by atoms with E-state index in [2.05, 4.69) is 27.9 Å². The van der Waals surface area contributed by atoms with Crippen molar-refractivity contribution in [2.75, 3.05) is 11.9 Å². The second-order valence-corrected chi connectivity index (χ2v) is 5.28. The van der Waals surface area contributed by atoms with E-state index in [-0.39, 0.29) is 11.3 Å². The smallest absolute Gasteiger partial charge is 0.342 e. The van der Waals surface area contributed by atoms with Crippen molar-refractivity contribution in [3.8, 4) is 5.75 Å². The van der Waals surface area contributed by atoms with Crippen LogP contribution in [0.5, 0.6) is 5.75 Å². The van der Waals surface area contributed by atoms with Gasteiger partial charge in [0.25, 0.3) is 5.91 Å². The number of esters is 1. The first-order valence-electron chi connectivity index (χ1n) is 6.07. The quantitative estimate of drug-likeness (QED) is 0.615. The van der Waals surface area contributed by atoms with Gasteiger partial charge in [0.1, 0.15) is 11.3 Å². The zero-order valence-electron chi connectivity index (χ0n) is 10.9. The lowest BCUT2D eigenvalue weighted by molar-refractivity contribution is -0.119. The van der Waals surface area contributed by atoms with E-state index in [1.165, 1.54) is 12.1 Å². The second-order valence-electron chi connectivity index (χ2n) is 4.12. The number of carbonyl (C=O) groups excluding carboxylic acids is 2. The van der Waals surface area contributed by atoms with Crippen LogP contribution in [0.15, 0.2) is 48.5 Å². The van der Waals surface area contributed by atoms with Crippen LogP contribution in [0.2, 0.25) is 0 Å². The summed E-state index contributed by atoms with van der Waals surface area (Å²) >= 11 is 2.09. The van der Waals surface area contributed by atoms with Crippen LogP contribution in [-0.4, -0.2) is 23.6 Å². The number of benzene rings is 2. The number of para-hydroxylation sites is 2. The highest BCUT2D eigenvalue weighted by molar-refractivity contribution is 14.1. The molecule has 0 heterocycles. The van der Waals surface area contributed by atoms with Crippen LogP contribution < -0.4 is 5.32 Å². The second kappa shape index (κ2) is 7.07. The van der Waals surface area contributed by atoms with Crippen LogP contribution in [0.25, 0.3) is 0 Å². The maximum Gasteiger partial charge on any atom is 0.342 e. The van der Waals surface area contributed by atoms with E-state index in [0.717, 1.165) is 3.57 Å². The molecular weight excluding hydrogens is 385 g/mol. The number of hydrogen-bond acceptors (Lipinski definition) is 4. The van der Waals surface area contributed by atoms with Crippen molar-refractivity contribution in [1.29, 1.82) is 0 Å². The maximum absolute atomic E-state index is 11.7. The van der Waals surface area contributed by atoms with Gasteiger partial charge in [-0.15, -0.1) is 0 Å². The zero-order chi connectivity index (χ0) is 15.2. The number of phenolic OH excluding ortho intramolecular Hbond substituents is 1. The molecule has 0 radical (unpaired) electrons. The largest absolute Gasteiger partial charge is 0.507 e. The Kier molecular flexibility index (Phi) is 5.15. The molecule has 0 aromatic heterocycles. The molecule has 0 aliphatic rings. The minimum atomic E-state index is -0.744. The monoisotopic (exact) mass is 397 g/mol. The predicted octanol–water partition coefficient (Wildman–Crippen LogP) is 2.79. The number of hydrogen-bond donors (Lipinski definition) is 2. The lowest BCUT2D eigenvalue weighted by Crippen LogP contribution is -2.21. The number of rotatable bonds is 4. The van der Waals surface area contributed by atoms with Gasteiger partial charge in [0.2, 0.25) is 0 Å². The van der Waals surface area contributed by atoms with Gasteiger partial charge in [0.15, 0.2) is 6.61 Å². The van der Waals surface area contributed by atoms with Crippen LogP contribution >= 0.6 is 22.6 Å². The molecule has 1 amide bonds. The fourth-order valence-electron chi connectivity index (χ4n) is 1.60. The van der Waals surface area contributed by atoms with Gasteiger partial charge in [0, 0.05) is 3.57 Å². The van der Waals surface area contributed by atoms with E-state index in [9.17, 15) is 14.7 Å². The van der Waals surface area contributed by atoms with E-state index < -0.39 is 18.5 Å². The summed E-state index contributed by atoms with van der Waals surface area (Å²) in [5.74, 6) is -1.37. The van der Waals surface area contributed by atoms with Gasteiger partial charge in [-0.05, 0) is 46.9 Å². The third kappa shape index (κ3) is 4.19. The number of nitrogens with one attached hydrogen (secondary N) is 1.